The minimum absolute atomic E-state index is 0.0867. The lowest BCUT2D eigenvalue weighted by Gasteiger charge is -2.28. The van der Waals surface area contributed by atoms with Gasteiger partial charge >= 0.3 is 6.01 Å². The summed E-state index contributed by atoms with van der Waals surface area (Å²) in [5.74, 6) is 0.512. The number of benzene rings is 1. The van der Waals surface area contributed by atoms with E-state index in [0.29, 0.717) is 38.5 Å². The molecule has 12 heteroatoms. The predicted molar refractivity (Wildman–Crippen MR) is 147 cm³/mol. The van der Waals surface area contributed by atoms with Crippen molar-refractivity contribution in [3.05, 3.63) is 82.1 Å². The first-order valence-corrected chi connectivity index (χ1v) is 12.9. The molecular weight excluding hydrogens is 541 g/mol. The third kappa shape index (κ3) is 3.98. The van der Waals surface area contributed by atoms with Gasteiger partial charge in [-0.1, -0.05) is 35.3 Å². The second-order valence-corrected chi connectivity index (χ2v) is 10.1. The number of ether oxygens (including phenoxy) is 2. The van der Waals surface area contributed by atoms with Crippen molar-refractivity contribution in [2.75, 3.05) is 19.1 Å². The van der Waals surface area contributed by atoms with Gasteiger partial charge in [-0.15, -0.1) is 0 Å². The van der Waals surface area contributed by atoms with Crippen molar-refractivity contribution < 1.29 is 14.3 Å². The molecule has 0 fully saturated rings. The van der Waals surface area contributed by atoms with Crippen LogP contribution in [0.5, 0.6) is 11.9 Å². The van der Waals surface area contributed by atoms with Crippen LogP contribution in [0.15, 0.2) is 55.1 Å². The van der Waals surface area contributed by atoms with Gasteiger partial charge in [-0.25, -0.2) is 15.0 Å². The van der Waals surface area contributed by atoms with Crippen molar-refractivity contribution >= 4 is 40.4 Å². The first-order valence-electron chi connectivity index (χ1n) is 12.1. The van der Waals surface area contributed by atoms with E-state index in [-0.39, 0.29) is 23.8 Å². The van der Waals surface area contributed by atoms with Crippen LogP contribution >= 0.6 is 23.2 Å². The SMILES string of the molecule is COc1ncc(-c2nc3c(n2C(C)C)[C@H](c2ccc(Cl)cc2)N(c2cc(Cl)cn4ccnc24)C3=O)c(OC)n1. The van der Waals surface area contributed by atoms with Gasteiger partial charge in [-0.05, 0) is 37.6 Å². The maximum Gasteiger partial charge on any atom is 0.319 e. The number of imidazole rings is 2. The standard InChI is InChI=1S/C27H23Cl2N7O3/c1-14(2)35-22-20(32-23(35)18-12-31-27(39-4)33-25(18)38-3)26(37)36(21(22)15-5-7-16(28)8-6-15)19-11-17(29)13-34-10-9-30-24(19)34/h5-14,21H,1-4H3/t21-/m0/s1. The number of fused-ring (bicyclic) bond motifs is 2. The lowest BCUT2D eigenvalue weighted by Crippen LogP contribution is -2.31. The Hall–Kier alpha value is -4.15. The average Bonchev–Trinajstić information content (AvgIpc) is 3.62. The van der Waals surface area contributed by atoms with Crippen molar-refractivity contribution in [3.63, 3.8) is 0 Å². The monoisotopic (exact) mass is 563 g/mol. The van der Waals surface area contributed by atoms with Crippen LogP contribution in [0.25, 0.3) is 17.0 Å². The fourth-order valence-electron chi connectivity index (χ4n) is 5.05. The molecular formula is C27H23Cl2N7O3. The summed E-state index contributed by atoms with van der Waals surface area (Å²) in [4.78, 5) is 33.9. The van der Waals surface area contributed by atoms with E-state index < -0.39 is 6.04 Å². The molecule has 0 aliphatic carbocycles. The molecule has 5 aromatic rings. The Balaban J connectivity index is 1.63. The number of amides is 1. The highest BCUT2D eigenvalue weighted by Gasteiger charge is 2.46. The molecule has 6 rings (SSSR count). The fourth-order valence-corrected chi connectivity index (χ4v) is 5.38. The number of halogens is 2. The Labute approximate surface area is 233 Å². The summed E-state index contributed by atoms with van der Waals surface area (Å²) in [6.45, 7) is 4.06. The van der Waals surface area contributed by atoms with E-state index in [1.807, 2.05) is 30.5 Å². The number of nitrogens with zero attached hydrogens (tertiary/aromatic N) is 7. The smallest absolute Gasteiger partial charge is 0.319 e. The zero-order chi connectivity index (χ0) is 27.4. The number of carbonyl (C=O) groups is 1. The molecule has 198 valence electrons. The number of rotatable bonds is 6. The lowest BCUT2D eigenvalue weighted by atomic mass is 10.0. The summed E-state index contributed by atoms with van der Waals surface area (Å²) in [6.07, 6.45) is 6.79. The van der Waals surface area contributed by atoms with Crippen LogP contribution < -0.4 is 14.4 Å². The highest BCUT2D eigenvalue weighted by molar-refractivity contribution is 6.31. The molecule has 1 aliphatic heterocycles. The van der Waals surface area contributed by atoms with E-state index in [4.69, 9.17) is 37.7 Å². The molecule has 0 spiro atoms. The minimum atomic E-state index is -0.544. The number of methoxy groups -OCH3 is 2. The summed E-state index contributed by atoms with van der Waals surface area (Å²) < 4.78 is 14.5. The minimum Gasteiger partial charge on any atom is -0.480 e. The summed E-state index contributed by atoms with van der Waals surface area (Å²) in [5, 5.41) is 1.06. The normalized spacial score (nSPS) is 14.9. The van der Waals surface area contributed by atoms with Crippen LogP contribution in [0.2, 0.25) is 10.0 Å². The average molecular weight is 564 g/mol. The van der Waals surface area contributed by atoms with Gasteiger partial charge in [0.15, 0.2) is 11.3 Å². The molecule has 1 atom stereocenters. The Morgan fingerprint density at radius 3 is 2.46 bits per heavy atom. The van der Waals surface area contributed by atoms with Crippen molar-refractivity contribution in [2.24, 2.45) is 0 Å². The van der Waals surface area contributed by atoms with E-state index in [2.05, 4.69) is 15.0 Å². The summed E-state index contributed by atoms with van der Waals surface area (Å²) >= 11 is 12.7. The van der Waals surface area contributed by atoms with Gasteiger partial charge < -0.3 is 18.4 Å². The Bertz CT molecular complexity index is 1730. The van der Waals surface area contributed by atoms with Crippen LogP contribution in [0, 0.1) is 0 Å². The molecule has 0 bridgehead atoms. The molecule has 10 nitrogen and oxygen atoms in total. The van der Waals surface area contributed by atoms with Crippen LogP contribution in [-0.4, -0.2) is 49.0 Å². The first-order chi connectivity index (χ1) is 18.8. The van der Waals surface area contributed by atoms with Crippen LogP contribution in [0.4, 0.5) is 5.69 Å². The van der Waals surface area contributed by atoms with Crippen LogP contribution in [-0.2, 0) is 0 Å². The molecule has 0 saturated heterocycles. The van der Waals surface area contributed by atoms with Crippen molar-refractivity contribution in [1.82, 2.24) is 28.9 Å². The van der Waals surface area contributed by atoms with Crippen molar-refractivity contribution in [3.8, 4) is 23.3 Å². The molecule has 5 heterocycles. The van der Waals surface area contributed by atoms with E-state index in [1.165, 1.54) is 14.2 Å². The highest BCUT2D eigenvalue weighted by atomic mass is 35.5. The molecule has 39 heavy (non-hydrogen) atoms. The summed E-state index contributed by atoms with van der Waals surface area (Å²) in [7, 11) is 2.99. The van der Waals surface area contributed by atoms with Gasteiger partial charge in [-0.3, -0.25) is 9.69 Å². The summed E-state index contributed by atoms with van der Waals surface area (Å²) in [5.41, 5.74) is 3.57. The van der Waals surface area contributed by atoms with E-state index in [9.17, 15) is 4.79 Å². The second-order valence-electron chi connectivity index (χ2n) is 9.24. The van der Waals surface area contributed by atoms with Crippen LogP contribution in [0.1, 0.15) is 47.7 Å². The molecule has 1 aliphatic rings. The molecule has 0 saturated carbocycles. The number of pyridine rings is 1. The van der Waals surface area contributed by atoms with E-state index >= 15 is 0 Å². The highest BCUT2D eigenvalue weighted by Crippen LogP contribution is 2.46. The quantitative estimate of drug-likeness (QED) is 0.263. The van der Waals surface area contributed by atoms with Gasteiger partial charge in [0, 0.05) is 35.9 Å². The third-order valence-electron chi connectivity index (χ3n) is 6.63. The fraction of sp³-hybridized carbons (Fsp3) is 0.222. The molecule has 1 aromatic carbocycles. The number of hydrogen-bond donors (Lipinski definition) is 0. The summed E-state index contributed by atoms with van der Waals surface area (Å²) in [6, 6.07) is 8.70. The molecule has 0 N–H and O–H groups in total. The largest absolute Gasteiger partial charge is 0.480 e. The molecule has 0 unspecified atom stereocenters. The maximum absolute atomic E-state index is 14.3. The van der Waals surface area contributed by atoms with Gasteiger partial charge in [0.05, 0.1) is 36.2 Å². The Kier molecular flexibility index (Phi) is 6.16. The molecule has 4 aromatic heterocycles. The van der Waals surface area contributed by atoms with E-state index in [0.717, 1.165) is 11.3 Å². The topological polar surface area (TPSA) is 99.7 Å². The van der Waals surface area contributed by atoms with Gasteiger partial charge in [-0.2, -0.15) is 4.98 Å². The Morgan fingerprint density at radius 2 is 1.77 bits per heavy atom. The molecule has 0 radical (unpaired) electrons. The van der Waals surface area contributed by atoms with E-state index in [1.54, 1.807) is 52.3 Å². The lowest BCUT2D eigenvalue weighted by molar-refractivity contribution is 0.0989. The van der Waals surface area contributed by atoms with Gasteiger partial charge in [0.2, 0.25) is 5.88 Å². The third-order valence-corrected chi connectivity index (χ3v) is 7.09. The molecule has 1 amide bonds. The van der Waals surface area contributed by atoms with Crippen molar-refractivity contribution in [1.29, 1.82) is 0 Å². The first kappa shape index (κ1) is 25.1. The second kappa shape index (κ2) is 9.55. The predicted octanol–water partition coefficient (Wildman–Crippen LogP) is 5.64. The number of hydrogen-bond acceptors (Lipinski definition) is 7. The van der Waals surface area contributed by atoms with Gasteiger partial charge in [0.1, 0.15) is 11.9 Å². The number of aromatic nitrogens is 6. The Morgan fingerprint density at radius 1 is 1.00 bits per heavy atom. The van der Waals surface area contributed by atoms with Gasteiger partial charge in [0.25, 0.3) is 5.91 Å². The number of anilines is 1. The number of carbonyl (C=O) groups excluding carboxylic acids is 1. The zero-order valence-electron chi connectivity index (χ0n) is 21.5. The maximum atomic E-state index is 14.3. The van der Waals surface area contributed by atoms with Crippen molar-refractivity contribution in [2.45, 2.75) is 25.9 Å². The zero-order valence-corrected chi connectivity index (χ0v) is 23.0. The van der Waals surface area contributed by atoms with Crippen LogP contribution in [0.3, 0.4) is 0 Å².